The first kappa shape index (κ1) is 19.7. The van der Waals surface area contributed by atoms with E-state index >= 15 is 0 Å². The summed E-state index contributed by atoms with van der Waals surface area (Å²) in [7, 11) is 0. The fourth-order valence-corrected chi connectivity index (χ4v) is 4.39. The van der Waals surface area contributed by atoms with Crippen LogP contribution in [0.2, 0.25) is 5.02 Å². The topological polar surface area (TPSA) is 59.1 Å². The van der Waals surface area contributed by atoms with E-state index in [-0.39, 0.29) is 11.5 Å². The van der Waals surface area contributed by atoms with Gasteiger partial charge in [-0.05, 0) is 30.3 Å². The molecule has 156 valence electrons. The van der Waals surface area contributed by atoms with Crippen LogP contribution in [-0.4, -0.2) is 46.4 Å². The summed E-state index contributed by atoms with van der Waals surface area (Å²) in [5.41, 5.74) is 2.40. The largest absolute Gasteiger partial charge is 0.328 e. The van der Waals surface area contributed by atoms with Crippen molar-refractivity contribution < 1.29 is 9.69 Å². The van der Waals surface area contributed by atoms with Crippen LogP contribution in [0.1, 0.15) is 15.9 Å². The Labute approximate surface area is 184 Å². The molecule has 1 aliphatic rings. The number of nitrogens with one attached hydrogen (secondary N) is 1. The Morgan fingerprint density at radius 1 is 1.03 bits per heavy atom. The molecular formula is C24H22ClN4O2+. The third-order valence-electron chi connectivity index (χ3n) is 5.89. The van der Waals surface area contributed by atoms with Crippen LogP contribution in [0.3, 0.4) is 0 Å². The minimum atomic E-state index is -0.205. The normalized spacial score (nSPS) is 14.9. The van der Waals surface area contributed by atoms with Gasteiger partial charge in [0.2, 0.25) is 0 Å². The van der Waals surface area contributed by atoms with E-state index < -0.39 is 0 Å². The molecule has 0 atom stereocenters. The van der Waals surface area contributed by atoms with Gasteiger partial charge in [0.1, 0.15) is 6.54 Å². The lowest BCUT2D eigenvalue weighted by Gasteiger charge is -2.32. The van der Waals surface area contributed by atoms with Gasteiger partial charge >= 0.3 is 0 Å². The molecule has 1 aliphatic heterocycles. The molecule has 0 radical (unpaired) electrons. The molecule has 7 heteroatoms. The maximum absolute atomic E-state index is 13.3. The van der Waals surface area contributed by atoms with Crippen molar-refractivity contribution in [2.24, 2.45) is 0 Å². The Morgan fingerprint density at radius 2 is 1.81 bits per heavy atom. The van der Waals surface area contributed by atoms with Gasteiger partial charge in [-0.25, -0.2) is 4.98 Å². The monoisotopic (exact) mass is 433 g/mol. The quantitative estimate of drug-likeness (QED) is 0.503. The summed E-state index contributed by atoms with van der Waals surface area (Å²) in [6.07, 6.45) is 1.65. The van der Waals surface area contributed by atoms with Crippen LogP contribution in [0, 0.1) is 0 Å². The number of carbonyl (C=O) groups excluding carboxylic acids is 1. The van der Waals surface area contributed by atoms with Gasteiger partial charge in [-0.15, -0.1) is 0 Å². The molecule has 3 heterocycles. The van der Waals surface area contributed by atoms with Crippen LogP contribution in [0.5, 0.6) is 0 Å². The van der Waals surface area contributed by atoms with Gasteiger partial charge in [0.05, 0.1) is 42.6 Å². The Hall–Kier alpha value is -3.22. The van der Waals surface area contributed by atoms with Crippen molar-refractivity contribution in [1.29, 1.82) is 0 Å². The molecule has 1 saturated heterocycles. The fraction of sp³-hybridized carbons (Fsp3) is 0.208. The molecule has 4 aromatic rings. The molecule has 5 rings (SSSR count). The minimum Gasteiger partial charge on any atom is -0.328 e. The first-order chi connectivity index (χ1) is 15.1. The lowest BCUT2D eigenvalue weighted by molar-refractivity contribution is -0.917. The summed E-state index contributed by atoms with van der Waals surface area (Å²) < 4.78 is 1.44. The third kappa shape index (κ3) is 3.80. The van der Waals surface area contributed by atoms with E-state index in [1.807, 2.05) is 11.0 Å². The summed E-state index contributed by atoms with van der Waals surface area (Å²) in [5, 5.41) is 0.981. The molecule has 1 N–H and O–H groups in total. The smallest absolute Gasteiger partial charge is 0.265 e. The maximum atomic E-state index is 13.3. The number of quaternary nitrogens is 1. The highest BCUT2D eigenvalue weighted by Gasteiger charge is 2.26. The molecule has 0 unspecified atom stereocenters. The molecule has 0 spiro atoms. The summed E-state index contributed by atoms with van der Waals surface area (Å²) >= 11 is 6.09. The molecule has 31 heavy (non-hydrogen) atoms. The Balaban J connectivity index is 1.41. The number of benzene rings is 2. The van der Waals surface area contributed by atoms with E-state index in [0.717, 1.165) is 19.6 Å². The molecule has 6 nitrogen and oxygen atoms in total. The van der Waals surface area contributed by atoms with Gasteiger partial charge < -0.3 is 9.80 Å². The average molecular weight is 434 g/mol. The number of pyridine rings is 1. The van der Waals surface area contributed by atoms with Gasteiger partial charge in [-0.1, -0.05) is 41.9 Å². The van der Waals surface area contributed by atoms with Gasteiger partial charge in [0, 0.05) is 16.8 Å². The lowest BCUT2D eigenvalue weighted by atomic mass is 10.1. The van der Waals surface area contributed by atoms with Crippen molar-refractivity contribution in [3.05, 3.63) is 93.4 Å². The minimum absolute atomic E-state index is 0.0925. The Kier molecular flexibility index (Phi) is 5.18. The van der Waals surface area contributed by atoms with Crippen molar-refractivity contribution in [1.82, 2.24) is 14.3 Å². The van der Waals surface area contributed by atoms with Gasteiger partial charge in [-0.3, -0.25) is 14.0 Å². The predicted octanol–water partition coefficient (Wildman–Crippen LogP) is 2.04. The second-order valence-electron chi connectivity index (χ2n) is 7.90. The molecule has 1 fully saturated rings. The molecule has 0 aliphatic carbocycles. The van der Waals surface area contributed by atoms with Crippen molar-refractivity contribution in [2.45, 2.75) is 6.54 Å². The molecular weight excluding hydrogens is 412 g/mol. The average Bonchev–Trinajstić information content (AvgIpc) is 2.79. The molecule has 2 aromatic heterocycles. The SMILES string of the molecule is O=C(c1cccn2c(=O)c3ccc(Cl)cc3nc12)N1CC[NH+](Cc2ccccc2)CC1. The van der Waals surface area contributed by atoms with E-state index in [4.69, 9.17) is 11.6 Å². The first-order valence-electron chi connectivity index (χ1n) is 10.4. The molecule has 0 saturated carbocycles. The molecule has 2 aromatic carbocycles. The number of carbonyl (C=O) groups is 1. The van der Waals surface area contributed by atoms with Crippen molar-refractivity contribution in [3.8, 4) is 0 Å². The highest BCUT2D eigenvalue weighted by Crippen LogP contribution is 2.18. The first-order valence-corrected chi connectivity index (χ1v) is 10.8. The fourth-order valence-electron chi connectivity index (χ4n) is 4.22. The molecule has 0 bridgehead atoms. The number of nitrogens with zero attached hydrogens (tertiary/aromatic N) is 3. The van der Waals surface area contributed by atoms with Crippen LogP contribution in [0.15, 0.2) is 71.7 Å². The summed E-state index contributed by atoms with van der Waals surface area (Å²) in [6.45, 7) is 4.08. The number of amides is 1. The van der Waals surface area contributed by atoms with E-state index in [0.29, 0.717) is 40.2 Å². The zero-order chi connectivity index (χ0) is 21.4. The van der Waals surface area contributed by atoms with Crippen LogP contribution in [-0.2, 0) is 6.54 Å². The van der Waals surface area contributed by atoms with E-state index in [1.54, 1.807) is 36.5 Å². The second-order valence-corrected chi connectivity index (χ2v) is 8.33. The number of piperazine rings is 1. The van der Waals surface area contributed by atoms with Gasteiger partial charge in [-0.2, -0.15) is 0 Å². The number of fused-ring (bicyclic) bond motifs is 2. The van der Waals surface area contributed by atoms with Gasteiger partial charge in [0.25, 0.3) is 11.5 Å². The number of halogens is 1. The highest BCUT2D eigenvalue weighted by atomic mass is 35.5. The second kappa shape index (κ2) is 8.13. The Bertz CT molecular complexity index is 1330. The maximum Gasteiger partial charge on any atom is 0.265 e. The van der Waals surface area contributed by atoms with Crippen molar-refractivity contribution >= 4 is 34.1 Å². The number of rotatable bonds is 3. The predicted molar refractivity (Wildman–Crippen MR) is 121 cm³/mol. The third-order valence-corrected chi connectivity index (χ3v) is 6.12. The van der Waals surface area contributed by atoms with E-state index in [1.165, 1.54) is 14.9 Å². The van der Waals surface area contributed by atoms with E-state index in [2.05, 4.69) is 29.2 Å². The standard InChI is InChI=1S/C24H21ClN4O2/c25-18-8-9-19-21(15-18)26-22-20(7-4-10-29(22)24(19)31)23(30)28-13-11-27(12-14-28)16-17-5-2-1-3-6-17/h1-10,15H,11-14,16H2/p+1. The van der Waals surface area contributed by atoms with Crippen molar-refractivity contribution in [3.63, 3.8) is 0 Å². The Morgan fingerprint density at radius 3 is 2.58 bits per heavy atom. The van der Waals surface area contributed by atoms with Crippen LogP contribution >= 0.6 is 11.6 Å². The lowest BCUT2D eigenvalue weighted by Crippen LogP contribution is -3.13. The number of hydrogen-bond donors (Lipinski definition) is 1. The van der Waals surface area contributed by atoms with Crippen LogP contribution in [0.4, 0.5) is 0 Å². The van der Waals surface area contributed by atoms with E-state index in [9.17, 15) is 9.59 Å². The summed E-state index contributed by atoms with van der Waals surface area (Å²) in [4.78, 5) is 34.2. The zero-order valence-electron chi connectivity index (χ0n) is 16.9. The van der Waals surface area contributed by atoms with Crippen LogP contribution in [0.25, 0.3) is 16.6 Å². The summed E-state index contributed by atoms with van der Waals surface area (Å²) in [6, 6.07) is 18.9. The number of hydrogen-bond acceptors (Lipinski definition) is 3. The van der Waals surface area contributed by atoms with Gasteiger partial charge in [0.15, 0.2) is 5.65 Å². The number of aromatic nitrogens is 2. The molecule has 1 amide bonds. The summed E-state index contributed by atoms with van der Waals surface area (Å²) in [5.74, 6) is -0.0925. The van der Waals surface area contributed by atoms with Crippen molar-refractivity contribution in [2.75, 3.05) is 26.2 Å². The zero-order valence-corrected chi connectivity index (χ0v) is 17.7. The highest BCUT2D eigenvalue weighted by molar-refractivity contribution is 6.31. The van der Waals surface area contributed by atoms with Crippen LogP contribution < -0.4 is 10.5 Å².